The van der Waals surface area contributed by atoms with Crippen molar-refractivity contribution in [1.82, 2.24) is 4.90 Å². The number of aliphatic hydroxyl groups is 1. The zero-order valence-electron chi connectivity index (χ0n) is 11.1. The first-order chi connectivity index (χ1) is 8.87. The number of hydrogen-bond acceptors (Lipinski definition) is 3. The lowest BCUT2D eigenvalue weighted by molar-refractivity contribution is -0.00729. The number of hydrogen-bond donors (Lipinski definition) is 3. The van der Waals surface area contributed by atoms with Crippen molar-refractivity contribution in [2.75, 3.05) is 13.1 Å². The first-order valence-electron chi connectivity index (χ1n) is 6.45. The molecular weight excluding hydrogens is 262 g/mol. The summed E-state index contributed by atoms with van der Waals surface area (Å²) in [5, 5.41) is 17.9. The topological polar surface area (TPSA) is 73.3 Å². The monoisotopic (exact) mass is 281 g/mol. The Morgan fingerprint density at radius 1 is 1.47 bits per heavy atom. The van der Waals surface area contributed by atoms with Crippen LogP contribution in [0.3, 0.4) is 0 Å². The maximum Gasteiger partial charge on any atom is 0.122 e. The number of halogens is 1. The number of nitrogen functional groups attached to an aromatic ring is 1. The SMILES string of the molecule is CC1(O)CCN(Cc2ccc(C(=N)N)cc2Cl)CC1. The fraction of sp³-hybridized carbons (Fsp3) is 0.500. The van der Waals surface area contributed by atoms with Gasteiger partial charge in [-0.05, 0) is 31.4 Å². The van der Waals surface area contributed by atoms with Crippen molar-refractivity contribution in [1.29, 1.82) is 5.41 Å². The van der Waals surface area contributed by atoms with Crippen molar-refractivity contribution in [2.45, 2.75) is 31.9 Å². The highest BCUT2D eigenvalue weighted by atomic mass is 35.5. The average Bonchev–Trinajstić information content (AvgIpc) is 2.34. The van der Waals surface area contributed by atoms with Crippen molar-refractivity contribution in [3.63, 3.8) is 0 Å². The molecule has 0 spiro atoms. The third-order valence-corrected chi connectivity index (χ3v) is 4.04. The molecule has 4 nitrogen and oxygen atoms in total. The standard InChI is InChI=1S/C14H20ClN3O/c1-14(19)4-6-18(7-5-14)9-11-3-2-10(13(16)17)8-12(11)15/h2-3,8,19H,4-7,9H2,1H3,(H3,16,17). The predicted molar refractivity (Wildman–Crippen MR) is 77.6 cm³/mol. The minimum Gasteiger partial charge on any atom is -0.390 e. The van der Waals surface area contributed by atoms with E-state index in [9.17, 15) is 5.11 Å². The number of likely N-dealkylation sites (tertiary alicyclic amines) is 1. The molecule has 1 fully saturated rings. The average molecular weight is 282 g/mol. The minimum absolute atomic E-state index is 0.0301. The number of nitrogens with two attached hydrogens (primary N) is 1. The van der Waals surface area contributed by atoms with Gasteiger partial charge in [-0.1, -0.05) is 23.7 Å². The lowest BCUT2D eigenvalue weighted by Crippen LogP contribution is -2.42. The second-order valence-corrected chi connectivity index (χ2v) is 5.90. The van der Waals surface area contributed by atoms with Gasteiger partial charge in [-0.25, -0.2) is 0 Å². The second kappa shape index (κ2) is 5.49. The third-order valence-electron chi connectivity index (χ3n) is 3.69. The molecule has 2 rings (SSSR count). The smallest absolute Gasteiger partial charge is 0.122 e. The highest BCUT2D eigenvalue weighted by molar-refractivity contribution is 6.31. The molecule has 0 aliphatic carbocycles. The Kier molecular flexibility index (Phi) is 4.13. The molecule has 0 unspecified atom stereocenters. The maximum atomic E-state index is 9.92. The van der Waals surface area contributed by atoms with Gasteiger partial charge in [0, 0.05) is 30.2 Å². The van der Waals surface area contributed by atoms with Crippen LogP contribution in [0, 0.1) is 5.41 Å². The molecule has 4 N–H and O–H groups in total. The summed E-state index contributed by atoms with van der Waals surface area (Å²) in [5.41, 5.74) is 6.59. The van der Waals surface area contributed by atoms with Gasteiger partial charge in [0.25, 0.3) is 0 Å². The minimum atomic E-state index is -0.529. The van der Waals surface area contributed by atoms with Crippen LogP contribution in [0.25, 0.3) is 0 Å². The Balaban J connectivity index is 2.02. The summed E-state index contributed by atoms with van der Waals surface area (Å²) in [4.78, 5) is 2.28. The molecule has 0 aromatic heterocycles. The second-order valence-electron chi connectivity index (χ2n) is 5.49. The normalized spacial score (nSPS) is 19.3. The molecule has 1 heterocycles. The van der Waals surface area contributed by atoms with Gasteiger partial charge < -0.3 is 10.8 Å². The van der Waals surface area contributed by atoms with Gasteiger partial charge in [0.2, 0.25) is 0 Å². The molecule has 19 heavy (non-hydrogen) atoms. The molecule has 5 heteroatoms. The van der Waals surface area contributed by atoms with Gasteiger partial charge in [0.1, 0.15) is 5.84 Å². The highest BCUT2D eigenvalue weighted by Gasteiger charge is 2.27. The molecule has 0 amide bonds. The van der Waals surface area contributed by atoms with Crippen LogP contribution in [-0.4, -0.2) is 34.5 Å². The summed E-state index contributed by atoms with van der Waals surface area (Å²) in [6, 6.07) is 5.48. The van der Waals surface area contributed by atoms with E-state index in [0.29, 0.717) is 10.6 Å². The van der Waals surface area contributed by atoms with Gasteiger partial charge in [-0.3, -0.25) is 10.3 Å². The molecule has 0 bridgehead atoms. The molecule has 0 radical (unpaired) electrons. The molecule has 0 saturated carbocycles. The summed E-state index contributed by atoms with van der Waals surface area (Å²) in [6.45, 7) is 4.40. The molecule has 1 saturated heterocycles. The lowest BCUT2D eigenvalue weighted by Gasteiger charge is -2.35. The quantitative estimate of drug-likeness (QED) is 0.586. The maximum absolute atomic E-state index is 9.92. The van der Waals surface area contributed by atoms with Crippen molar-refractivity contribution < 1.29 is 5.11 Å². The van der Waals surface area contributed by atoms with E-state index >= 15 is 0 Å². The largest absolute Gasteiger partial charge is 0.390 e. The van der Waals surface area contributed by atoms with E-state index in [4.69, 9.17) is 22.7 Å². The summed E-state index contributed by atoms with van der Waals surface area (Å²) in [5.74, 6) is 0.0301. The summed E-state index contributed by atoms with van der Waals surface area (Å²) in [7, 11) is 0. The van der Waals surface area contributed by atoms with Crippen molar-refractivity contribution in [3.8, 4) is 0 Å². The number of nitrogens with zero attached hydrogens (tertiary/aromatic N) is 1. The zero-order chi connectivity index (χ0) is 14.0. The fourth-order valence-electron chi connectivity index (χ4n) is 2.28. The van der Waals surface area contributed by atoms with Crippen LogP contribution < -0.4 is 5.73 Å². The predicted octanol–water partition coefficient (Wildman–Crippen LogP) is 1.97. The molecule has 0 atom stereocenters. The van der Waals surface area contributed by atoms with Gasteiger partial charge in [0.05, 0.1) is 5.60 Å². The molecule has 104 valence electrons. The molecular formula is C14H20ClN3O. The first kappa shape index (κ1) is 14.3. The van der Waals surface area contributed by atoms with E-state index < -0.39 is 5.60 Å². The molecule has 1 aliphatic rings. The molecule has 1 aromatic rings. The third kappa shape index (κ3) is 3.69. The van der Waals surface area contributed by atoms with Crippen LogP contribution in [0.4, 0.5) is 0 Å². The highest BCUT2D eigenvalue weighted by Crippen LogP contribution is 2.25. The number of benzene rings is 1. The van der Waals surface area contributed by atoms with Crippen molar-refractivity contribution >= 4 is 17.4 Å². The number of amidine groups is 1. The lowest BCUT2D eigenvalue weighted by atomic mass is 9.93. The van der Waals surface area contributed by atoms with Crippen molar-refractivity contribution in [3.05, 3.63) is 34.3 Å². The van der Waals surface area contributed by atoms with Gasteiger partial charge in [-0.15, -0.1) is 0 Å². The van der Waals surface area contributed by atoms with Crippen LogP contribution in [0.1, 0.15) is 30.9 Å². The van der Waals surface area contributed by atoms with Gasteiger partial charge in [-0.2, -0.15) is 0 Å². The number of nitrogens with one attached hydrogen (secondary N) is 1. The Morgan fingerprint density at radius 3 is 2.63 bits per heavy atom. The Labute approximate surface area is 118 Å². The van der Waals surface area contributed by atoms with E-state index in [1.165, 1.54) is 0 Å². The van der Waals surface area contributed by atoms with E-state index in [-0.39, 0.29) is 5.84 Å². The van der Waals surface area contributed by atoms with E-state index in [1.807, 2.05) is 19.1 Å². The van der Waals surface area contributed by atoms with Crippen LogP contribution in [0.2, 0.25) is 5.02 Å². The van der Waals surface area contributed by atoms with Gasteiger partial charge in [0.15, 0.2) is 0 Å². The molecule has 1 aliphatic heterocycles. The van der Waals surface area contributed by atoms with Crippen LogP contribution in [0.5, 0.6) is 0 Å². The summed E-state index contributed by atoms with van der Waals surface area (Å²) in [6.07, 6.45) is 1.58. The Morgan fingerprint density at radius 2 is 2.11 bits per heavy atom. The van der Waals surface area contributed by atoms with E-state index in [2.05, 4.69) is 4.90 Å². The van der Waals surface area contributed by atoms with Crippen LogP contribution in [-0.2, 0) is 6.54 Å². The summed E-state index contributed by atoms with van der Waals surface area (Å²) >= 11 is 6.22. The van der Waals surface area contributed by atoms with Crippen LogP contribution >= 0.6 is 11.6 Å². The Hall–Kier alpha value is -1.10. The number of rotatable bonds is 3. The molecule has 1 aromatic carbocycles. The fourth-order valence-corrected chi connectivity index (χ4v) is 2.52. The van der Waals surface area contributed by atoms with Crippen LogP contribution in [0.15, 0.2) is 18.2 Å². The zero-order valence-corrected chi connectivity index (χ0v) is 11.9. The first-order valence-corrected chi connectivity index (χ1v) is 6.83. The Bertz CT molecular complexity index is 478. The van der Waals surface area contributed by atoms with Crippen molar-refractivity contribution in [2.24, 2.45) is 5.73 Å². The summed E-state index contributed by atoms with van der Waals surface area (Å²) < 4.78 is 0. The number of piperidine rings is 1. The van der Waals surface area contributed by atoms with E-state index in [1.54, 1.807) is 6.07 Å². The van der Waals surface area contributed by atoms with E-state index in [0.717, 1.165) is 38.0 Å². The van der Waals surface area contributed by atoms with Gasteiger partial charge >= 0.3 is 0 Å².